The van der Waals surface area contributed by atoms with Crippen molar-refractivity contribution >= 4 is 5.97 Å². The number of aromatic nitrogens is 2. The first kappa shape index (κ1) is 14.7. The predicted octanol–water partition coefficient (Wildman–Crippen LogP) is 1.02. The summed E-state index contributed by atoms with van der Waals surface area (Å²) >= 11 is 0. The van der Waals surface area contributed by atoms with Crippen molar-refractivity contribution in [2.45, 2.75) is 26.3 Å². The predicted molar refractivity (Wildman–Crippen MR) is 67.6 cm³/mol. The molecule has 102 valence electrons. The lowest BCUT2D eigenvalue weighted by molar-refractivity contribution is 0.0695. The molecule has 0 aliphatic carbocycles. The van der Waals surface area contributed by atoms with Gasteiger partial charge in [0.2, 0.25) is 0 Å². The average Bonchev–Trinajstić information content (AvgIpc) is 2.70. The second-order valence-electron chi connectivity index (χ2n) is 4.08. The fourth-order valence-electron chi connectivity index (χ4n) is 1.55. The molecule has 0 atom stereocenters. The fraction of sp³-hybridized carbons (Fsp3) is 0.667. The van der Waals surface area contributed by atoms with E-state index in [-0.39, 0.29) is 5.56 Å². The first-order valence-corrected chi connectivity index (χ1v) is 6.19. The molecule has 0 saturated carbocycles. The number of carboxylic acids is 1. The molecule has 1 aromatic rings. The van der Waals surface area contributed by atoms with E-state index in [2.05, 4.69) is 17.3 Å². The van der Waals surface area contributed by atoms with Gasteiger partial charge in [0.1, 0.15) is 5.56 Å². The van der Waals surface area contributed by atoms with Crippen LogP contribution in [0.1, 0.15) is 35.8 Å². The van der Waals surface area contributed by atoms with Crippen molar-refractivity contribution in [2.75, 3.05) is 19.8 Å². The molecule has 6 nitrogen and oxygen atoms in total. The Morgan fingerprint density at radius 2 is 2.33 bits per heavy atom. The van der Waals surface area contributed by atoms with Crippen LogP contribution in [0.2, 0.25) is 0 Å². The highest BCUT2D eigenvalue weighted by molar-refractivity contribution is 5.88. The van der Waals surface area contributed by atoms with Gasteiger partial charge in [0, 0.05) is 26.7 Å². The normalized spacial score (nSPS) is 10.8. The van der Waals surface area contributed by atoms with Crippen molar-refractivity contribution < 1.29 is 14.6 Å². The monoisotopic (exact) mass is 255 g/mol. The van der Waals surface area contributed by atoms with Gasteiger partial charge in [-0.25, -0.2) is 4.79 Å². The van der Waals surface area contributed by atoms with E-state index in [1.54, 1.807) is 11.7 Å². The summed E-state index contributed by atoms with van der Waals surface area (Å²) in [6.45, 7) is 4.73. The zero-order valence-corrected chi connectivity index (χ0v) is 11.0. The van der Waals surface area contributed by atoms with Crippen molar-refractivity contribution in [1.29, 1.82) is 0 Å². The SMILES string of the molecule is CCCCOCCNCc1c(C(=O)O)cnn1C. The maximum Gasteiger partial charge on any atom is 0.339 e. The van der Waals surface area contributed by atoms with E-state index >= 15 is 0 Å². The average molecular weight is 255 g/mol. The molecule has 6 heteroatoms. The number of ether oxygens (including phenoxy) is 1. The first-order chi connectivity index (χ1) is 8.66. The van der Waals surface area contributed by atoms with Gasteiger partial charge in [-0.1, -0.05) is 13.3 Å². The molecular formula is C12H21N3O3. The number of aryl methyl sites for hydroxylation is 1. The summed E-state index contributed by atoms with van der Waals surface area (Å²) in [4.78, 5) is 10.9. The molecule has 0 aromatic carbocycles. The van der Waals surface area contributed by atoms with E-state index in [1.807, 2.05) is 0 Å². The third kappa shape index (κ3) is 4.46. The molecular weight excluding hydrogens is 234 g/mol. The van der Waals surface area contributed by atoms with Crippen molar-refractivity contribution in [3.63, 3.8) is 0 Å². The lowest BCUT2D eigenvalue weighted by Crippen LogP contribution is -2.22. The minimum absolute atomic E-state index is 0.247. The molecule has 0 saturated heterocycles. The van der Waals surface area contributed by atoms with Crippen LogP contribution in [-0.2, 0) is 18.3 Å². The topological polar surface area (TPSA) is 76.4 Å². The van der Waals surface area contributed by atoms with Gasteiger partial charge >= 0.3 is 5.97 Å². The van der Waals surface area contributed by atoms with E-state index in [4.69, 9.17) is 9.84 Å². The molecule has 0 fully saturated rings. The van der Waals surface area contributed by atoms with Crippen molar-refractivity contribution in [1.82, 2.24) is 15.1 Å². The van der Waals surface area contributed by atoms with Gasteiger partial charge in [0.15, 0.2) is 0 Å². The molecule has 0 radical (unpaired) electrons. The van der Waals surface area contributed by atoms with Gasteiger partial charge in [0.05, 0.1) is 18.5 Å². The molecule has 0 spiro atoms. The molecule has 0 amide bonds. The molecule has 0 aliphatic heterocycles. The number of nitrogens with one attached hydrogen (secondary N) is 1. The van der Waals surface area contributed by atoms with Gasteiger partial charge in [-0.3, -0.25) is 4.68 Å². The zero-order chi connectivity index (χ0) is 13.4. The molecule has 0 unspecified atom stereocenters. The first-order valence-electron chi connectivity index (χ1n) is 6.19. The second kappa shape index (κ2) is 7.84. The Kier molecular flexibility index (Phi) is 6.38. The summed E-state index contributed by atoms with van der Waals surface area (Å²) in [5.74, 6) is -0.945. The number of aromatic carboxylic acids is 1. The molecule has 2 N–H and O–H groups in total. The fourth-order valence-corrected chi connectivity index (χ4v) is 1.55. The van der Waals surface area contributed by atoms with Crippen LogP contribution in [0.15, 0.2) is 6.20 Å². The Labute approximate surface area is 107 Å². The Hall–Kier alpha value is -1.40. The summed E-state index contributed by atoms with van der Waals surface area (Å²) in [5.41, 5.74) is 0.924. The number of carboxylic acid groups (broad SMARTS) is 1. The van der Waals surface area contributed by atoms with Crippen LogP contribution in [0.3, 0.4) is 0 Å². The molecule has 1 heterocycles. The number of nitrogens with zero attached hydrogens (tertiary/aromatic N) is 2. The van der Waals surface area contributed by atoms with Crippen LogP contribution in [-0.4, -0.2) is 40.6 Å². The Balaban J connectivity index is 2.27. The van der Waals surface area contributed by atoms with Crippen molar-refractivity contribution in [2.24, 2.45) is 7.05 Å². The number of carbonyl (C=O) groups is 1. The minimum atomic E-state index is -0.945. The summed E-state index contributed by atoms with van der Waals surface area (Å²) in [6.07, 6.45) is 3.58. The van der Waals surface area contributed by atoms with Gasteiger partial charge < -0.3 is 15.2 Å². The Bertz CT molecular complexity index is 377. The second-order valence-corrected chi connectivity index (χ2v) is 4.08. The van der Waals surface area contributed by atoms with E-state index in [0.29, 0.717) is 25.4 Å². The molecule has 18 heavy (non-hydrogen) atoms. The number of hydrogen-bond acceptors (Lipinski definition) is 4. The smallest absolute Gasteiger partial charge is 0.339 e. The van der Waals surface area contributed by atoms with Crippen LogP contribution >= 0.6 is 0 Å². The highest BCUT2D eigenvalue weighted by atomic mass is 16.5. The van der Waals surface area contributed by atoms with Crippen LogP contribution in [0.25, 0.3) is 0 Å². The van der Waals surface area contributed by atoms with E-state index in [0.717, 1.165) is 19.4 Å². The van der Waals surface area contributed by atoms with E-state index < -0.39 is 5.97 Å². The summed E-state index contributed by atoms with van der Waals surface area (Å²) in [6, 6.07) is 0. The van der Waals surface area contributed by atoms with Gasteiger partial charge in [0.25, 0.3) is 0 Å². The van der Waals surface area contributed by atoms with Crippen molar-refractivity contribution in [3.05, 3.63) is 17.5 Å². The molecule has 1 aromatic heterocycles. The van der Waals surface area contributed by atoms with Gasteiger partial charge in [-0.2, -0.15) is 5.10 Å². The van der Waals surface area contributed by atoms with Crippen LogP contribution in [0.4, 0.5) is 0 Å². The summed E-state index contributed by atoms with van der Waals surface area (Å²) in [5, 5.41) is 16.1. The number of rotatable bonds is 9. The lowest BCUT2D eigenvalue weighted by atomic mass is 10.2. The largest absolute Gasteiger partial charge is 0.478 e. The molecule has 1 rings (SSSR count). The number of unbranched alkanes of at least 4 members (excludes halogenated alkanes) is 1. The summed E-state index contributed by atoms with van der Waals surface area (Å²) in [7, 11) is 1.74. The van der Waals surface area contributed by atoms with E-state index in [9.17, 15) is 4.79 Å². The number of hydrogen-bond donors (Lipinski definition) is 2. The highest BCUT2D eigenvalue weighted by Gasteiger charge is 2.13. The quantitative estimate of drug-likeness (QED) is 0.644. The van der Waals surface area contributed by atoms with Crippen LogP contribution in [0, 0.1) is 0 Å². The third-order valence-electron chi connectivity index (χ3n) is 2.65. The van der Waals surface area contributed by atoms with E-state index in [1.165, 1.54) is 6.20 Å². The standard InChI is InChI=1S/C12H21N3O3/c1-3-4-6-18-7-5-13-9-11-10(12(16)17)8-14-15(11)2/h8,13H,3-7,9H2,1-2H3,(H,16,17). The van der Waals surface area contributed by atoms with Gasteiger partial charge in [-0.05, 0) is 6.42 Å². The zero-order valence-electron chi connectivity index (χ0n) is 11.0. The molecule has 0 aliphatic rings. The highest BCUT2D eigenvalue weighted by Crippen LogP contribution is 2.06. The lowest BCUT2D eigenvalue weighted by Gasteiger charge is -2.07. The summed E-state index contributed by atoms with van der Waals surface area (Å²) < 4.78 is 6.98. The maximum absolute atomic E-state index is 10.9. The Morgan fingerprint density at radius 3 is 3.00 bits per heavy atom. The van der Waals surface area contributed by atoms with Crippen molar-refractivity contribution in [3.8, 4) is 0 Å². The maximum atomic E-state index is 10.9. The van der Waals surface area contributed by atoms with Crippen LogP contribution in [0.5, 0.6) is 0 Å². The van der Waals surface area contributed by atoms with Gasteiger partial charge in [-0.15, -0.1) is 0 Å². The molecule has 0 bridgehead atoms. The third-order valence-corrected chi connectivity index (χ3v) is 2.65. The minimum Gasteiger partial charge on any atom is -0.478 e. The van der Waals surface area contributed by atoms with Crippen LogP contribution < -0.4 is 5.32 Å². The Morgan fingerprint density at radius 1 is 1.56 bits per heavy atom.